The highest BCUT2D eigenvalue weighted by molar-refractivity contribution is 5.79. The molecule has 2 unspecified atom stereocenters. The lowest BCUT2D eigenvalue weighted by atomic mass is 10.0. The Labute approximate surface area is 119 Å². The summed E-state index contributed by atoms with van der Waals surface area (Å²) in [7, 11) is 0. The largest absolute Gasteiger partial charge is 0.494 e. The normalized spacial score (nSPS) is 24.6. The van der Waals surface area contributed by atoms with E-state index in [9.17, 15) is 4.79 Å². The van der Waals surface area contributed by atoms with Gasteiger partial charge in [-0.2, -0.15) is 0 Å². The Bertz CT molecular complexity index is 475. The van der Waals surface area contributed by atoms with Crippen LogP contribution in [0.15, 0.2) is 24.3 Å². The summed E-state index contributed by atoms with van der Waals surface area (Å²) in [4.78, 5) is 13.3. The molecule has 1 aliphatic rings. The maximum atomic E-state index is 11.2. The van der Waals surface area contributed by atoms with E-state index < -0.39 is 11.5 Å². The zero-order chi connectivity index (χ0) is 14.8. The second-order valence-corrected chi connectivity index (χ2v) is 5.36. The van der Waals surface area contributed by atoms with E-state index in [1.54, 1.807) is 0 Å². The molecule has 20 heavy (non-hydrogen) atoms. The van der Waals surface area contributed by atoms with Crippen LogP contribution in [0.3, 0.4) is 0 Å². The summed E-state index contributed by atoms with van der Waals surface area (Å²) in [6.45, 7) is 5.76. The van der Waals surface area contributed by atoms with Gasteiger partial charge in [0, 0.05) is 19.1 Å². The summed E-state index contributed by atoms with van der Waals surface area (Å²) in [5.41, 5.74) is 5.94. The van der Waals surface area contributed by atoms with Gasteiger partial charge >= 0.3 is 5.97 Å². The topological polar surface area (TPSA) is 75.8 Å². The van der Waals surface area contributed by atoms with E-state index in [2.05, 4.69) is 11.8 Å². The van der Waals surface area contributed by atoms with Gasteiger partial charge < -0.3 is 15.6 Å². The summed E-state index contributed by atoms with van der Waals surface area (Å²) < 4.78 is 5.42. The minimum absolute atomic E-state index is 0.149. The summed E-state index contributed by atoms with van der Waals surface area (Å²) in [5.74, 6) is -0.0672. The van der Waals surface area contributed by atoms with Crippen LogP contribution in [0.4, 0.5) is 0 Å². The first kappa shape index (κ1) is 14.8. The van der Waals surface area contributed by atoms with E-state index in [0.717, 1.165) is 11.3 Å². The summed E-state index contributed by atoms with van der Waals surface area (Å²) in [5, 5.41) is 9.17. The van der Waals surface area contributed by atoms with Crippen LogP contribution in [0.5, 0.6) is 5.75 Å². The van der Waals surface area contributed by atoms with Crippen molar-refractivity contribution in [2.75, 3.05) is 19.7 Å². The molecule has 2 atom stereocenters. The smallest absolute Gasteiger partial charge is 0.325 e. The lowest BCUT2D eigenvalue weighted by Crippen LogP contribution is -2.50. The quantitative estimate of drug-likeness (QED) is 0.856. The molecule has 5 nitrogen and oxygen atoms in total. The van der Waals surface area contributed by atoms with Gasteiger partial charge in [-0.05, 0) is 38.0 Å². The average molecular weight is 278 g/mol. The molecule has 0 amide bonds. The van der Waals surface area contributed by atoms with Crippen molar-refractivity contribution in [3.05, 3.63) is 29.8 Å². The van der Waals surface area contributed by atoms with Gasteiger partial charge in [0.1, 0.15) is 11.3 Å². The van der Waals surface area contributed by atoms with Gasteiger partial charge in [-0.1, -0.05) is 12.1 Å². The molecule has 0 aromatic heterocycles. The molecule has 1 saturated heterocycles. The van der Waals surface area contributed by atoms with Gasteiger partial charge in [0.2, 0.25) is 0 Å². The van der Waals surface area contributed by atoms with Crippen LogP contribution in [0.1, 0.15) is 31.9 Å². The molecule has 5 heteroatoms. The van der Waals surface area contributed by atoms with E-state index in [1.807, 2.05) is 31.2 Å². The number of rotatable bonds is 5. The number of nitrogens with two attached hydrogens (primary N) is 1. The van der Waals surface area contributed by atoms with Crippen LogP contribution >= 0.6 is 0 Å². The zero-order valence-electron chi connectivity index (χ0n) is 12.0. The molecule has 1 heterocycles. The van der Waals surface area contributed by atoms with Crippen molar-refractivity contribution in [2.45, 2.75) is 31.8 Å². The predicted molar refractivity (Wildman–Crippen MR) is 76.8 cm³/mol. The van der Waals surface area contributed by atoms with Gasteiger partial charge in [0.15, 0.2) is 0 Å². The van der Waals surface area contributed by atoms with Gasteiger partial charge in [-0.3, -0.25) is 9.69 Å². The second-order valence-electron chi connectivity index (χ2n) is 5.36. The highest BCUT2D eigenvalue weighted by Gasteiger charge is 2.42. The predicted octanol–water partition coefficient (Wildman–Crippen LogP) is 1.63. The molecule has 2 rings (SSSR count). The van der Waals surface area contributed by atoms with Crippen LogP contribution in [0.2, 0.25) is 0 Å². The maximum absolute atomic E-state index is 11.2. The Morgan fingerprint density at radius 2 is 2.15 bits per heavy atom. The minimum atomic E-state index is -1.11. The van der Waals surface area contributed by atoms with Crippen molar-refractivity contribution >= 4 is 5.97 Å². The number of carboxylic acid groups (broad SMARTS) is 1. The number of aliphatic carboxylic acids is 1. The van der Waals surface area contributed by atoms with Gasteiger partial charge in [0.25, 0.3) is 0 Å². The summed E-state index contributed by atoms with van der Waals surface area (Å²) in [6.07, 6.45) is 0.490. The van der Waals surface area contributed by atoms with Crippen molar-refractivity contribution in [1.82, 2.24) is 4.90 Å². The van der Waals surface area contributed by atoms with Crippen molar-refractivity contribution in [3.8, 4) is 5.75 Å². The van der Waals surface area contributed by atoms with Crippen LogP contribution in [-0.4, -0.2) is 41.2 Å². The van der Waals surface area contributed by atoms with Gasteiger partial charge in [-0.15, -0.1) is 0 Å². The molecule has 1 aromatic rings. The number of hydrogen-bond donors (Lipinski definition) is 2. The fourth-order valence-electron chi connectivity index (χ4n) is 2.59. The summed E-state index contributed by atoms with van der Waals surface area (Å²) >= 11 is 0. The fourth-order valence-corrected chi connectivity index (χ4v) is 2.59. The Hall–Kier alpha value is -1.59. The van der Waals surface area contributed by atoms with Crippen LogP contribution < -0.4 is 10.5 Å². The van der Waals surface area contributed by atoms with Crippen molar-refractivity contribution in [2.24, 2.45) is 5.73 Å². The molecule has 1 fully saturated rings. The molecule has 0 spiro atoms. The number of carbonyl (C=O) groups is 1. The standard InChI is InChI=1S/C15H22N2O3/c1-3-20-13-6-4-12(5-7-13)11(2)17-9-8-15(16,10-17)14(18)19/h4-7,11H,3,8-10,16H2,1-2H3,(H,18,19). The minimum Gasteiger partial charge on any atom is -0.494 e. The Morgan fingerprint density at radius 1 is 1.50 bits per heavy atom. The lowest BCUT2D eigenvalue weighted by Gasteiger charge is -2.26. The van der Waals surface area contributed by atoms with Gasteiger partial charge in [-0.25, -0.2) is 0 Å². The first-order valence-corrected chi connectivity index (χ1v) is 6.95. The molecule has 3 N–H and O–H groups in total. The molecule has 0 aliphatic carbocycles. The first-order valence-electron chi connectivity index (χ1n) is 6.95. The Kier molecular flexibility index (Phi) is 4.30. The van der Waals surface area contributed by atoms with E-state index in [-0.39, 0.29) is 6.04 Å². The Morgan fingerprint density at radius 3 is 2.65 bits per heavy atom. The summed E-state index contributed by atoms with van der Waals surface area (Å²) in [6, 6.07) is 8.08. The second kappa shape index (κ2) is 5.81. The molecule has 110 valence electrons. The molecule has 0 saturated carbocycles. The molecule has 1 aromatic carbocycles. The molecule has 0 bridgehead atoms. The fraction of sp³-hybridized carbons (Fsp3) is 0.533. The average Bonchev–Trinajstić information content (AvgIpc) is 2.83. The van der Waals surface area contributed by atoms with E-state index in [4.69, 9.17) is 15.6 Å². The monoisotopic (exact) mass is 278 g/mol. The number of likely N-dealkylation sites (tertiary alicyclic amines) is 1. The van der Waals surface area contributed by atoms with E-state index in [1.165, 1.54) is 0 Å². The number of nitrogens with zero attached hydrogens (tertiary/aromatic N) is 1. The third-order valence-corrected chi connectivity index (χ3v) is 3.98. The van der Waals surface area contributed by atoms with Crippen LogP contribution in [-0.2, 0) is 4.79 Å². The van der Waals surface area contributed by atoms with Gasteiger partial charge in [0.05, 0.1) is 6.61 Å². The first-order chi connectivity index (χ1) is 9.46. The van der Waals surface area contributed by atoms with Crippen molar-refractivity contribution < 1.29 is 14.6 Å². The zero-order valence-corrected chi connectivity index (χ0v) is 12.0. The molecular formula is C15H22N2O3. The highest BCUT2D eigenvalue weighted by Crippen LogP contribution is 2.29. The van der Waals surface area contributed by atoms with Crippen molar-refractivity contribution in [1.29, 1.82) is 0 Å². The van der Waals surface area contributed by atoms with Crippen molar-refractivity contribution in [3.63, 3.8) is 0 Å². The molecule has 1 aliphatic heterocycles. The lowest BCUT2D eigenvalue weighted by molar-refractivity contribution is -0.142. The molecular weight excluding hydrogens is 256 g/mol. The van der Waals surface area contributed by atoms with E-state index >= 15 is 0 Å². The SMILES string of the molecule is CCOc1ccc(C(C)N2CCC(N)(C(=O)O)C2)cc1. The third kappa shape index (κ3) is 2.94. The third-order valence-electron chi connectivity index (χ3n) is 3.98. The number of benzene rings is 1. The number of ether oxygens (including phenoxy) is 1. The highest BCUT2D eigenvalue weighted by atomic mass is 16.5. The maximum Gasteiger partial charge on any atom is 0.325 e. The molecule has 0 radical (unpaired) electrons. The number of hydrogen-bond acceptors (Lipinski definition) is 4. The number of carboxylic acids is 1. The Balaban J connectivity index is 2.05. The van der Waals surface area contributed by atoms with Crippen LogP contribution in [0, 0.1) is 0 Å². The van der Waals surface area contributed by atoms with E-state index in [0.29, 0.717) is 26.1 Å². The van der Waals surface area contributed by atoms with Crippen LogP contribution in [0.25, 0.3) is 0 Å².